The van der Waals surface area contributed by atoms with Crippen LogP contribution in [-0.2, 0) is 17.8 Å². The minimum absolute atomic E-state index is 0.141. The molecule has 6 rings (SSSR count). The molecule has 8 nitrogen and oxygen atoms in total. The number of quaternary nitrogens is 1. The first kappa shape index (κ1) is 22.1. The Morgan fingerprint density at radius 2 is 2.09 bits per heavy atom. The van der Waals surface area contributed by atoms with Crippen LogP contribution in [0, 0.1) is 5.82 Å². The Bertz CT molecular complexity index is 1360. The third-order valence-corrected chi connectivity index (χ3v) is 7.56. The summed E-state index contributed by atoms with van der Waals surface area (Å²) in [4.78, 5) is 22.4. The number of allylic oxidation sites excluding steroid dienone is 1. The molecule has 2 aromatic heterocycles. The molecule has 1 unspecified atom stereocenters. The maximum atomic E-state index is 13.6. The van der Waals surface area contributed by atoms with E-state index in [0.717, 1.165) is 12.8 Å². The number of alkyl halides is 2. The van der Waals surface area contributed by atoms with E-state index in [1.807, 2.05) is 0 Å². The number of fused-ring (bicyclic) bond motifs is 1. The summed E-state index contributed by atoms with van der Waals surface area (Å²) in [7, 11) is 0. The fraction of sp³-hybridized carbons (Fsp3) is 0.348. The van der Waals surface area contributed by atoms with Crippen LogP contribution in [0.25, 0.3) is 17.0 Å². The Balaban J connectivity index is 1.19. The number of hydrogen-bond acceptors (Lipinski definition) is 6. The number of thiazole rings is 1. The summed E-state index contributed by atoms with van der Waals surface area (Å²) in [6, 6.07) is 5.93. The largest absolute Gasteiger partial charge is 0.344 e. The van der Waals surface area contributed by atoms with Crippen molar-refractivity contribution in [3.05, 3.63) is 57.2 Å². The van der Waals surface area contributed by atoms with Gasteiger partial charge in [-0.25, -0.2) is 27.8 Å². The van der Waals surface area contributed by atoms with Crippen molar-refractivity contribution in [3.63, 3.8) is 0 Å². The number of nitrogens with one attached hydrogen (secondary N) is 1. The standard InChI is InChI=1S/C23H20F3N7OS/c24-13-3-1-2-12(8-13)21-29-16-9-14(6-7-33(16)32-21)28-22(34)17-15(10-27-31-17)23-30-18(20(25)26)19(35-23)11-4-5-11/h1-3,8,10-11,14,20H,4-7,9H2,(H,27,31)(H,28,34)/p+1. The van der Waals surface area contributed by atoms with E-state index >= 15 is 0 Å². The SMILES string of the molecule is O=C(NC1CCn2nc(-c3cccc(F)c3)nc2C1)C1=C(c2nc(C(F)F)c(C3CC3)s2)C=N[NH2+]1. The Kier molecular flexibility index (Phi) is 5.49. The van der Waals surface area contributed by atoms with Crippen molar-refractivity contribution in [1.82, 2.24) is 25.1 Å². The fourth-order valence-corrected chi connectivity index (χ4v) is 5.64. The van der Waals surface area contributed by atoms with E-state index in [1.165, 1.54) is 35.1 Å². The molecule has 1 saturated carbocycles. The second-order valence-electron chi connectivity index (χ2n) is 8.83. The van der Waals surface area contributed by atoms with E-state index in [4.69, 9.17) is 0 Å². The topological polar surface area (TPSA) is 102 Å². The van der Waals surface area contributed by atoms with Crippen molar-refractivity contribution in [2.24, 2.45) is 5.10 Å². The van der Waals surface area contributed by atoms with Crippen molar-refractivity contribution in [2.45, 2.75) is 50.6 Å². The quantitative estimate of drug-likeness (QED) is 0.508. The summed E-state index contributed by atoms with van der Waals surface area (Å²) in [5.41, 5.74) is 2.64. The van der Waals surface area contributed by atoms with Gasteiger partial charge in [0.15, 0.2) is 5.82 Å². The summed E-state index contributed by atoms with van der Waals surface area (Å²) in [6.45, 7) is 0.559. The molecule has 0 saturated heterocycles. The molecule has 4 heterocycles. The molecule has 1 amide bonds. The Morgan fingerprint density at radius 3 is 2.86 bits per heavy atom. The minimum Gasteiger partial charge on any atom is -0.344 e. The number of nitrogens with zero attached hydrogens (tertiary/aromatic N) is 5. The summed E-state index contributed by atoms with van der Waals surface area (Å²) in [5.74, 6) is 0.603. The molecule has 3 aliphatic rings. The van der Waals surface area contributed by atoms with Crippen LogP contribution in [0.3, 0.4) is 0 Å². The fourth-order valence-electron chi connectivity index (χ4n) is 4.37. The highest BCUT2D eigenvalue weighted by molar-refractivity contribution is 7.13. The van der Waals surface area contributed by atoms with Gasteiger partial charge in [0, 0.05) is 29.4 Å². The number of nitrogens with two attached hydrogens (primary N) is 1. The van der Waals surface area contributed by atoms with Gasteiger partial charge < -0.3 is 5.32 Å². The number of halogens is 3. The predicted octanol–water partition coefficient (Wildman–Crippen LogP) is 2.76. The molecule has 0 bridgehead atoms. The van der Waals surface area contributed by atoms with Crippen molar-refractivity contribution >= 4 is 29.0 Å². The molecule has 0 spiro atoms. The van der Waals surface area contributed by atoms with Gasteiger partial charge in [0.05, 0.1) is 6.21 Å². The zero-order chi connectivity index (χ0) is 24.1. The summed E-state index contributed by atoms with van der Waals surface area (Å²) in [5, 5.41) is 12.0. The number of hydrogen-bond donors (Lipinski definition) is 2. The van der Waals surface area contributed by atoms with Gasteiger partial charge in [0.25, 0.3) is 6.43 Å². The van der Waals surface area contributed by atoms with Crippen molar-refractivity contribution in [1.29, 1.82) is 0 Å². The highest BCUT2D eigenvalue weighted by Gasteiger charge is 2.35. The summed E-state index contributed by atoms with van der Waals surface area (Å²) < 4.78 is 42.4. The van der Waals surface area contributed by atoms with Gasteiger partial charge in [-0.2, -0.15) is 10.5 Å². The van der Waals surface area contributed by atoms with Crippen molar-refractivity contribution in [2.75, 3.05) is 0 Å². The highest BCUT2D eigenvalue weighted by Crippen LogP contribution is 2.47. The molecule has 3 N–H and O–H groups in total. The van der Waals surface area contributed by atoms with Gasteiger partial charge in [0.1, 0.15) is 27.9 Å². The van der Waals surface area contributed by atoms with E-state index in [1.54, 1.807) is 16.8 Å². The second-order valence-corrected chi connectivity index (χ2v) is 9.86. The number of aryl methyl sites for hydroxylation is 1. The molecular formula is C23H21F3N7OS+. The number of amides is 1. The van der Waals surface area contributed by atoms with E-state index in [-0.39, 0.29) is 29.4 Å². The van der Waals surface area contributed by atoms with Crippen LogP contribution in [0.4, 0.5) is 13.2 Å². The lowest BCUT2D eigenvalue weighted by atomic mass is 10.1. The van der Waals surface area contributed by atoms with Gasteiger partial charge >= 0.3 is 5.91 Å². The van der Waals surface area contributed by atoms with E-state index < -0.39 is 6.43 Å². The smallest absolute Gasteiger partial charge is 0.308 e. The lowest BCUT2D eigenvalue weighted by molar-refractivity contribution is -0.602. The zero-order valence-corrected chi connectivity index (χ0v) is 19.2. The molecule has 12 heteroatoms. The van der Waals surface area contributed by atoms with E-state index in [2.05, 4.69) is 25.5 Å². The van der Waals surface area contributed by atoms with Crippen molar-refractivity contribution < 1.29 is 23.4 Å². The van der Waals surface area contributed by atoms with Crippen LogP contribution in [-0.4, -0.2) is 37.9 Å². The average Bonchev–Trinajstić information content (AvgIpc) is 3.24. The van der Waals surface area contributed by atoms with E-state index in [9.17, 15) is 18.0 Å². The third kappa shape index (κ3) is 4.27. The Morgan fingerprint density at radius 1 is 1.23 bits per heavy atom. The Labute approximate surface area is 202 Å². The highest BCUT2D eigenvalue weighted by atomic mass is 32.1. The van der Waals surface area contributed by atoms with Crippen LogP contribution in [0.15, 0.2) is 35.1 Å². The number of rotatable bonds is 6. The lowest BCUT2D eigenvalue weighted by Crippen LogP contribution is -2.77. The number of aromatic nitrogens is 4. The van der Waals surface area contributed by atoms with Crippen molar-refractivity contribution in [3.8, 4) is 11.4 Å². The average molecular weight is 501 g/mol. The van der Waals surface area contributed by atoms with Gasteiger partial charge in [-0.3, -0.25) is 4.79 Å². The van der Waals surface area contributed by atoms with Crippen LogP contribution in [0.1, 0.15) is 53.0 Å². The van der Waals surface area contributed by atoms with Gasteiger partial charge in [-0.15, -0.1) is 11.3 Å². The molecule has 2 aliphatic heterocycles. The summed E-state index contributed by atoms with van der Waals surface area (Å²) in [6.07, 6.45) is 1.75. The molecule has 35 heavy (non-hydrogen) atoms. The number of benzene rings is 1. The van der Waals surface area contributed by atoms with Gasteiger partial charge in [0.2, 0.25) is 5.70 Å². The second kappa shape index (κ2) is 8.68. The maximum Gasteiger partial charge on any atom is 0.308 e. The molecule has 180 valence electrons. The normalized spacial score (nSPS) is 19.5. The lowest BCUT2D eigenvalue weighted by Gasteiger charge is -2.22. The van der Waals surface area contributed by atoms with Crippen LogP contribution >= 0.6 is 11.3 Å². The predicted molar refractivity (Wildman–Crippen MR) is 122 cm³/mol. The van der Waals surface area contributed by atoms with Crippen LogP contribution in [0.2, 0.25) is 0 Å². The first-order chi connectivity index (χ1) is 17.0. The van der Waals surface area contributed by atoms with Gasteiger partial charge in [-0.05, 0) is 37.3 Å². The van der Waals surface area contributed by atoms with Gasteiger partial charge in [-0.1, -0.05) is 17.2 Å². The number of carbonyl (C=O) groups excluding carboxylic acids is 1. The van der Waals surface area contributed by atoms with Crippen LogP contribution in [0.5, 0.6) is 0 Å². The summed E-state index contributed by atoms with van der Waals surface area (Å²) >= 11 is 1.23. The first-order valence-corrected chi connectivity index (χ1v) is 12.2. The first-order valence-electron chi connectivity index (χ1n) is 11.4. The zero-order valence-electron chi connectivity index (χ0n) is 18.4. The molecule has 1 aliphatic carbocycles. The molecule has 0 radical (unpaired) electrons. The number of carbonyl (C=O) groups is 1. The Hall–Kier alpha value is -3.38. The molecular weight excluding hydrogens is 479 g/mol. The monoisotopic (exact) mass is 500 g/mol. The molecule has 1 aromatic carbocycles. The van der Waals surface area contributed by atoms with E-state index in [0.29, 0.717) is 57.8 Å². The molecule has 3 aromatic rings. The maximum absolute atomic E-state index is 13.6. The molecule has 1 fully saturated rings. The third-order valence-electron chi connectivity index (χ3n) is 6.29. The molecule has 1 atom stereocenters. The minimum atomic E-state index is -2.65. The van der Waals surface area contributed by atoms with Crippen LogP contribution < -0.4 is 10.7 Å².